The lowest BCUT2D eigenvalue weighted by Gasteiger charge is -2.28. The molecule has 0 aliphatic carbocycles. The molecule has 2 atom stereocenters. The minimum Gasteiger partial charge on any atom is -0.598 e. The fourth-order valence-electron chi connectivity index (χ4n) is 4.05. The molecule has 1 heterocycles. The highest BCUT2D eigenvalue weighted by Crippen LogP contribution is 2.30. The van der Waals surface area contributed by atoms with E-state index < -0.39 is 52.2 Å². The zero-order valence-corrected chi connectivity index (χ0v) is 23.7. The van der Waals surface area contributed by atoms with E-state index in [1.165, 1.54) is 36.4 Å². The minimum atomic E-state index is -4.59. The van der Waals surface area contributed by atoms with Crippen molar-refractivity contribution >= 4 is 23.0 Å². The number of halogens is 4. The lowest BCUT2D eigenvalue weighted by Crippen LogP contribution is -2.41. The minimum absolute atomic E-state index is 0.180. The van der Waals surface area contributed by atoms with E-state index in [0.717, 1.165) is 22.4 Å². The Labute approximate surface area is 243 Å². The van der Waals surface area contributed by atoms with Gasteiger partial charge in [-0.2, -0.15) is 23.5 Å². The first kappa shape index (κ1) is 30.8. The summed E-state index contributed by atoms with van der Waals surface area (Å²) in [6.07, 6.45) is -5.98. The van der Waals surface area contributed by atoms with Gasteiger partial charge in [0.25, 0.3) is 5.91 Å². The summed E-state index contributed by atoms with van der Waals surface area (Å²) < 4.78 is 70.9. The van der Waals surface area contributed by atoms with Gasteiger partial charge in [-0.25, -0.2) is 9.07 Å². The second-order valence-corrected chi connectivity index (χ2v) is 12.4. The number of nitrogens with one attached hydrogen (secondary N) is 2. The molecule has 0 radical (unpaired) electrons. The Kier molecular flexibility index (Phi) is 9.06. The Morgan fingerprint density at radius 1 is 1.02 bits per heavy atom. The topological polar surface area (TPSA) is 106 Å². The number of alkyl halides is 3. The average molecular weight is 598 g/mol. The summed E-state index contributed by atoms with van der Waals surface area (Å²) in [4.78, 5) is 13.4. The van der Waals surface area contributed by atoms with E-state index in [-0.39, 0.29) is 22.6 Å². The monoisotopic (exact) mass is 597 g/mol. The van der Waals surface area contributed by atoms with Crippen molar-refractivity contribution in [3.8, 4) is 11.8 Å². The molecule has 3 aromatic carbocycles. The van der Waals surface area contributed by atoms with Crippen LogP contribution < -0.4 is 10.0 Å². The molecular formula is C30H27F4N5O2S. The van der Waals surface area contributed by atoms with Crippen LogP contribution in [0.2, 0.25) is 0 Å². The lowest BCUT2D eigenvalue weighted by molar-refractivity contribution is -0.127. The van der Waals surface area contributed by atoms with Crippen LogP contribution in [0.1, 0.15) is 59.7 Å². The fraction of sp³-hybridized carbons (Fsp3) is 0.233. The van der Waals surface area contributed by atoms with Crippen LogP contribution in [0.4, 0.5) is 23.2 Å². The number of anilines is 1. The van der Waals surface area contributed by atoms with Crippen LogP contribution >= 0.6 is 0 Å². The molecule has 0 saturated heterocycles. The molecule has 0 saturated carbocycles. The number of hydrogen-bond acceptors (Lipinski definition) is 5. The van der Waals surface area contributed by atoms with E-state index in [4.69, 9.17) is 0 Å². The molecule has 1 aromatic heterocycles. The normalized spacial score (nSPS) is 13.3. The number of nitrogens with zero attached hydrogens (tertiary/aromatic N) is 3. The van der Waals surface area contributed by atoms with Crippen LogP contribution in [0.5, 0.6) is 0 Å². The van der Waals surface area contributed by atoms with Crippen molar-refractivity contribution < 1.29 is 26.9 Å². The zero-order valence-electron chi connectivity index (χ0n) is 22.9. The molecule has 0 unspecified atom stereocenters. The van der Waals surface area contributed by atoms with Crippen LogP contribution in [0, 0.1) is 17.1 Å². The molecule has 12 heteroatoms. The van der Waals surface area contributed by atoms with E-state index in [1.807, 2.05) is 24.3 Å². The summed E-state index contributed by atoms with van der Waals surface area (Å²) in [6.45, 7) is 5.41. The highest BCUT2D eigenvalue weighted by molar-refractivity contribution is 7.90. The average Bonchev–Trinajstić information content (AvgIpc) is 3.35. The van der Waals surface area contributed by atoms with E-state index in [2.05, 4.69) is 15.1 Å². The fourth-order valence-corrected chi connectivity index (χ4v) is 4.89. The van der Waals surface area contributed by atoms with Gasteiger partial charge >= 0.3 is 6.18 Å². The van der Waals surface area contributed by atoms with Gasteiger partial charge in [-0.3, -0.25) is 4.79 Å². The van der Waals surface area contributed by atoms with Gasteiger partial charge in [-0.15, -0.1) is 4.72 Å². The van der Waals surface area contributed by atoms with Gasteiger partial charge in [0.15, 0.2) is 0 Å². The number of nitriles is 1. The Bertz CT molecular complexity index is 1610. The number of carbonyl (C=O) groups is 1. The van der Waals surface area contributed by atoms with Crippen molar-refractivity contribution in [1.82, 2.24) is 14.5 Å². The predicted molar refractivity (Wildman–Crippen MR) is 152 cm³/mol. The summed E-state index contributed by atoms with van der Waals surface area (Å²) >= 11 is -1.51. The molecule has 0 spiro atoms. The number of hydrogen-bond donors (Lipinski definition) is 2. The molecule has 42 heavy (non-hydrogen) atoms. The lowest BCUT2D eigenvalue weighted by atomic mass is 9.99. The summed E-state index contributed by atoms with van der Waals surface area (Å²) in [5.74, 6) is -1.71. The molecule has 1 amide bonds. The van der Waals surface area contributed by atoms with Gasteiger partial charge in [0, 0.05) is 11.4 Å². The van der Waals surface area contributed by atoms with E-state index in [0.29, 0.717) is 5.56 Å². The summed E-state index contributed by atoms with van der Waals surface area (Å²) in [5.41, 5.74) is 0.660. The third-order valence-corrected chi connectivity index (χ3v) is 7.64. The van der Waals surface area contributed by atoms with Crippen LogP contribution in [0.25, 0.3) is 5.69 Å². The maximum Gasteiger partial charge on any atom is 0.394 e. The highest BCUT2D eigenvalue weighted by Gasteiger charge is 2.32. The second kappa shape index (κ2) is 12.4. The molecule has 4 aromatic rings. The Balaban J connectivity index is 1.72. The van der Waals surface area contributed by atoms with E-state index >= 15 is 4.39 Å². The van der Waals surface area contributed by atoms with Gasteiger partial charge in [0.1, 0.15) is 22.3 Å². The second-order valence-electron chi connectivity index (χ2n) is 10.4. The van der Waals surface area contributed by atoms with Crippen molar-refractivity contribution in [2.24, 2.45) is 0 Å². The summed E-state index contributed by atoms with van der Waals surface area (Å²) in [6, 6.07) is 21.2. The van der Waals surface area contributed by atoms with Crippen molar-refractivity contribution in [2.75, 3.05) is 5.32 Å². The number of benzene rings is 3. The van der Waals surface area contributed by atoms with Gasteiger partial charge in [-0.05, 0) is 68.3 Å². The van der Waals surface area contributed by atoms with Crippen LogP contribution in [-0.2, 0) is 17.8 Å². The molecule has 0 fully saturated rings. The summed E-state index contributed by atoms with van der Waals surface area (Å²) in [5, 5.41) is 15.7. The Morgan fingerprint density at radius 2 is 1.74 bits per heavy atom. The molecule has 7 nitrogen and oxygen atoms in total. The third-order valence-electron chi connectivity index (χ3n) is 6.08. The molecular weight excluding hydrogens is 570 g/mol. The highest BCUT2D eigenvalue weighted by atomic mass is 32.2. The standard InChI is InChI=1S/C30H27F4N5O2S/c1-29(2,3)42(41)38-27(20-9-5-4-6-10-20)21-12-13-24(31)25(15-21)36-28(40)26-16-22(17-30(32,33)34)37-39(26)23-11-7-8-19(14-23)18-35/h4-16,27,38H,17H2,1-3H3,(H,36,40)/t27-,42-/m1/s1. The van der Waals surface area contributed by atoms with Crippen LogP contribution in [-0.4, -0.2) is 31.2 Å². The molecule has 2 N–H and O–H groups in total. The maximum absolute atomic E-state index is 15.0. The molecule has 0 bridgehead atoms. The Morgan fingerprint density at radius 3 is 2.38 bits per heavy atom. The van der Waals surface area contributed by atoms with E-state index in [9.17, 15) is 27.8 Å². The smallest absolute Gasteiger partial charge is 0.394 e. The molecule has 0 aliphatic heterocycles. The summed E-state index contributed by atoms with van der Waals surface area (Å²) in [7, 11) is 0. The van der Waals surface area contributed by atoms with Crippen molar-refractivity contribution in [1.29, 1.82) is 5.26 Å². The van der Waals surface area contributed by atoms with Gasteiger partial charge in [0.2, 0.25) is 0 Å². The third kappa shape index (κ3) is 7.55. The number of aromatic nitrogens is 2. The quantitative estimate of drug-likeness (QED) is 0.181. The van der Waals surface area contributed by atoms with Crippen molar-refractivity contribution in [3.63, 3.8) is 0 Å². The SMILES string of the molecule is CC(C)(C)[S@@+]([O-])N[C@H](c1ccccc1)c1ccc(F)c(NC(=O)c2cc(CC(F)(F)F)nn2-c2cccc(C#N)c2)c1. The van der Waals surface area contributed by atoms with Crippen molar-refractivity contribution in [3.05, 3.63) is 113 Å². The zero-order chi connectivity index (χ0) is 30.7. The molecule has 218 valence electrons. The predicted octanol–water partition coefficient (Wildman–Crippen LogP) is 6.38. The van der Waals surface area contributed by atoms with Gasteiger partial charge in [-0.1, -0.05) is 42.5 Å². The van der Waals surface area contributed by atoms with Gasteiger partial charge < -0.3 is 9.87 Å². The largest absolute Gasteiger partial charge is 0.598 e. The Hall–Kier alpha value is -4.18. The first-order valence-electron chi connectivity index (χ1n) is 12.7. The van der Waals surface area contributed by atoms with Crippen molar-refractivity contribution in [2.45, 2.75) is 44.2 Å². The first-order chi connectivity index (χ1) is 19.7. The molecule has 4 rings (SSSR count). The van der Waals surface area contributed by atoms with Crippen LogP contribution in [0.15, 0.2) is 78.9 Å². The van der Waals surface area contributed by atoms with Crippen LogP contribution in [0.3, 0.4) is 0 Å². The van der Waals surface area contributed by atoms with Gasteiger partial charge in [0.05, 0.1) is 35.1 Å². The number of carbonyl (C=O) groups excluding carboxylic acids is 1. The van der Waals surface area contributed by atoms with E-state index in [1.54, 1.807) is 32.9 Å². The maximum atomic E-state index is 15.0. The molecule has 0 aliphatic rings. The number of rotatable bonds is 8. The first-order valence-corrected chi connectivity index (χ1v) is 13.9. The number of amides is 1.